The van der Waals surface area contributed by atoms with E-state index in [1.807, 2.05) is 32.0 Å². The van der Waals surface area contributed by atoms with Gasteiger partial charge in [-0.3, -0.25) is 9.59 Å². The summed E-state index contributed by atoms with van der Waals surface area (Å²) in [5.41, 5.74) is 1.21. The Balaban J connectivity index is 1.16. The molecule has 2 amide bonds. The predicted octanol–water partition coefficient (Wildman–Crippen LogP) is 4.49. The molecular weight excluding hydrogens is 529 g/mol. The summed E-state index contributed by atoms with van der Waals surface area (Å²) >= 11 is 0. The molecule has 1 unspecified atom stereocenters. The minimum Gasteiger partial charge on any atom is -0.404 e. The topological polar surface area (TPSA) is 101 Å². The average molecular weight is 576 g/mol. The van der Waals surface area contributed by atoms with Crippen molar-refractivity contribution in [3.63, 3.8) is 0 Å². The second kappa shape index (κ2) is 12.5. The summed E-state index contributed by atoms with van der Waals surface area (Å²) in [5, 5.41) is 12.7. The third-order valence-electron chi connectivity index (χ3n) is 10.2. The Kier molecular flexibility index (Phi) is 9.17. The third-order valence-corrected chi connectivity index (χ3v) is 10.2. The highest BCUT2D eigenvalue weighted by atomic mass is 16.7. The van der Waals surface area contributed by atoms with Crippen LogP contribution in [-0.2, 0) is 30.1 Å². The van der Waals surface area contributed by atoms with Gasteiger partial charge in [0.2, 0.25) is 5.91 Å². The van der Waals surface area contributed by atoms with Crippen LogP contribution >= 0.6 is 0 Å². The number of nitrogens with zero attached hydrogens (tertiary/aromatic N) is 2. The molecule has 1 N–H and O–H groups in total. The molecule has 6 atom stereocenters. The van der Waals surface area contributed by atoms with Gasteiger partial charge in [0.1, 0.15) is 11.6 Å². The normalized spacial score (nSPS) is 30.5. The van der Waals surface area contributed by atoms with Gasteiger partial charge in [-0.1, -0.05) is 64.1 Å². The number of benzene rings is 1. The summed E-state index contributed by atoms with van der Waals surface area (Å²) in [7, 11) is -0.508. The largest absolute Gasteiger partial charge is 0.482 e. The fraction of sp³-hybridized carbons (Fsp3) is 0.667. The molecule has 2 heterocycles. The minimum atomic E-state index is -0.508. The number of nitriles is 1. The van der Waals surface area contributed by atoms with Gasteiger partial charge in [-0.15, -0.1) is 0 Å². The van der Waals surface area contributed by atoms with Gasteiger partial charge in [0.25, 0.3) is 5.91 Å². The van der Waals surface area contributed by atoms with Crippen LogP contribution in [0.2, 0.25) is 0 Å². The van der Waals surface area contributed by atoms with E-state index in [1.165, 1.54) is 6.42 Å². The first-order valence-corrected chi connectivity index (χ1v) is 15.7. The van der Waals surface area contributed by atoms with Gasteiger partial charge in [0, 0.05) is 13.0 Å². The van der Waals surface area contributed by atoms with E-state index in [0.717, 1.165) is 24.8 Å². The summed E-state index contributed by atoms with van der Waals surface area (Å²) in [5.74, 6) is 0.569. The molecule has 226 valence electrons. The lowest BCUT2D eigenvalue weighted by atomic mass is 9.43. The van der Waals surface area contributed by atoms with Crippen molar-refractivity contribution in [3.8, 4) is 6.07 Å². The Labute approximate surface area is 251 Å². The molecule has 1 aromatic carbocycles. The number of ether oxygens (including phenoxy) is 1. The Bertz CT molecular complexity index is 1210. The van der Waals surface area contributed by atoms with Crippen LogP contribution in [0.1, 0.15) is 72.3 Å². The van der Waals surface area contributed by atoms with Crippen LogP contribution in [-0.4, -0.2) is 67.3 Å². The van der Waals surface area contributed by atoms with E-state index >= 15 is 0 Å². The summed E-state index contributed by atoms with van der Waals surface area (Å²) in [4.78, 5) is 27.8. The standard InChI is InChI=1S/C33H46BN3O5/c1-22(2)16-24(20-35)31(39)37-14-9-12-26(37)21-40-15-13-30(38)36-29(17-23-10-7-6-8-11-23)34-41-28-19-25-18-27(32(25,3)4)33(28,5)42-34/h6-8,10-11,16,22,25-29H,9,12-15,17-19,21H2,1-5H3,(H,36,38)/t25-,26+,27-,28+,29?,33-/m0/s1. The van der Waals surface area contributed by atoms with Gasteiger partial charge in [-0.05, 0) is 67.8 Å². The van der Waals surface area contributed by atoms with Crippen molar-refractivity contribution in [2.75, 3.05) is 19.8 Å². The van der Waals surface area contributed by atoms with E-state index in [9.17, 15) is 14.9 Å². The zero-order chi connectivity index (χ0) is 30.1. The molecule has 0 aromatic heterocycles. The number of amides is 2. The van der Waals surface area contributed by atoms with Crippen LogP contribution in [0.25, 0.3) is 0 Å². The van der Waals surface area contributed by atoms with Crippen molar-refractivity contribution in [2.24, 2.45) is 23.2 Å². The van der Waals surface area contributed by atoms with Crippen molar-refractivity contribution in [1.82, 2.24) is 10.2 Å². The summed E-state index contributed by atoms with van der Waals surface area (Å²) in [6.07, 6.45) is 6.46. The quantitative estimate of drug-likeness (QED) is 0.181. The lowest BCUT2D eigenvalue weighted by Gasteiger charge is -2.64. The maximum absolute atomic E-state index is 13.2. The van der Waals surface area contributed by atoms with Gasteiger partial charge in [0.15, 0.2) is 0 Å². The zero-order valence-electron chi connectivity index (χ0n) is 25.8. The Morgan fingerprint density at radius 1 is 1.24 bits per heavy atom. The molecule has 5 aliphatic rings. The van der Waals surface area contributed by atoms with E-state index in [2.05, 4.69) is 44.3 Å². The smallest absolute Gasteiger partial charge is 0.404 e. The fourth-order valence-electron chi connectivity index (χ4n) is 7.74. The summed E-state index contributed by atoms with van der Waals surface area (Å²) in [6, 6.07) is 12.1. The first kappa shape index (κ1) is 30.8. The molecule has 3 aliphatic carbocycles. The molecule has 2 bridgehead atoms. The molecule has 3 saturated carbocycles. The van der Waals surface area contributed by atoms with Gasteiger partial charge in [0.05, 0.1) is 36.9 Å². The van der Waals surface area contributed by atoms with E-state index in [-0.39, 0.29) is 65.4 Å². The molecule has 2 aliphatic heterocycles. The van der Waals surface area contributed by atoms with Gasteiger partial charge in [-0.2, -0.15) is 5.26 Å². The number of nitrogens with one attached hydrogen (secondary N) is 1. The Morgan fingerprint density at radius 3 is 2.69 bits per heavy atom. The first-order chi connectivity index (χ1) is 20.0. The molecule has 8 nitrogen and oxygen atoms in total. The van der Waals surface area contributed by atoms with E-state index in [0.29, 0.717) is 31.4 Å². The van der Waals surface area contributed by atoms with E-state index < -0.39 is 7.12 Å². The van der Waals surface area contributed by atoms with Crippen molar-refractivity contribution in [1.29, 1.82) is 5.26 Å². The highest BCUT2D eigenvalue weighted by Gasteiger charge is 2.68. The van der Waals surface area contributed by atoms with Crippen molar-refractivity contribution < 1.29 is 23.6 Å². The Morgan fingerprint density at radius 2 is 2.00 bits per heavy atom. The highest BCUT2D eigenvalue weighted by Crippen LogP contribution is 2.65. The van der Waals surface area contributed by atoms with E-state index in [1.54, 1.807) is 11.0 Å². The molecule has 0 radical (unpaired) electrons. The molecule has 42 heavy (non-hydrogen) atoms. The minimum absolute atomic E-state index is 0.0479. The predicted molar refractivity (Wildman–Crippen MR) is 161 cm³/mol. The maximum Gasteiger partial charge on any atom is 0.482 e. The molecule has 2 saturated heterocycles. The Hall–Kier alpha value is -2.67. The van der Waals surface area contributed by atoms with Crippen LogP contribution in [0.5, 0.6) is 0 Å². The summed E-state index contributed by atoms with van der Waals surface area (Å²) < 4.78 is 19.2. The molecule has 6 rings (SSSR count). The van der Waals surface area contributed by atoms with Crippen LogP contribution in [0.3, 0.4) is 0 Å². The number of allylic oxidation sites excluding steroid dienone is 1. The van der Waals surface area contributed by atoms with Crippen molar-refractivity contribution in [2.45, 2.75) is 96.8 Å². The van der Waals surface area contributed by atoms with Crippen LogP contribution < -0.4 is 5.32 Å². The number of hydrogen-bond acceptors (Lipinski definition) is 6. The van der Waals surface area contributed by atoms with Gasteiger partial charge >= 0.3 is 7.12 Å². The van der Waals surface area contributed by atoms with Crippen LogP contribution in [0.4, 0.5) is 0 Å². The third kappa shape index (κ3) is 6.18. The maximum atomic E-state index is 13.2. The molecule has 1 aromatic rings. The first-order valence-electron chi connectivity index (χ1n) is 15.7. The van der Waals surface area contributed by atoms with Gasteiger partial charge < -0.3 is 24.3 Å². The number of carbonyl (C=O) groups is 2. The lowest BCUT2D eigenvalue weighted by Crippen LogP contribution is -2.65. The number of hydrogen-bond donors (Lipinski definition) is 1. The number of likely N-dealkylation sites (tertiary alicyclic amines) is 1. The monoisotopic (exact) mass is 575 g/mol. The second-order valence-electron chi connectivity index (χ2n) is 13.8. The second-order valence-corrected chi connectivity index (χ2v) is 13.8. The fourth-order valence-corrected chi connectivity index (χ4v) is 7.74. The molecular formula is C33H46BN3O5. The summed E-state index contributed by atoms with van der Waals surface area (Å²) in [6.45, 7) is 12.0. The lowest BCUT2D eigenvalue weighted by molar-refractivity contribution is -0.199. The van der Waals surface area contributed by atoms with Crippen LogP contribution in [0.15, 0.2) is 42.0 Å². The number of carbonyl (C=O) groups excluding carboxylic acids is 2. The average Bonchev–Trinajstić information content (AvgIpc) is 3.57. The zero-order valence-corrected chi connectivity index (χ0v) is 25.8. The van der Waals surface area contributed by atoms with Crippen molar-refractivity contribution in [3.05, 3.63) is 47.5 Å². The molecule has 5 fully saturated rings. The highest BCUT2D eigenvalue weighted by molar-refractivity contribution is 6.48. The van der Waals surface area contributed by atoms with Crippen molar-refractivity contribution >= 4 is 18.9 Å². The number of rotatable bonds is 11. The van der Waals surface area contributed by atoms with Gasteiger partial charge in [-0.25, -0.2) is 0 Å². The molecule has 0 spiro atoms. The van der Waals surface area contributed by atoms with E-state index in [4.69, 9.17) is 14.0 Å². The SMILES string of the molecule is CC(C)C=C(C#N)C(=O)N1CCC[C@@H]1COCCC(=O)NC(Cc1ccccc1)B1O[C@@H]2C[C@@H]3C[C@@H](C3(C)C)[C@]2(C)O1. The van der Waals surface area contributed by atoms with Crippen LogP contribution in [0, 0.1) is 34.5 Å². The molecule has 9 heteroatoms.